The third-order valence-electron chi connectivity index (χ3n) is 8.05. The highest BCUT2D eigenvalue weighted by atomic mass is 14.2. The van der Waals surface area contributed by atoms with E-state index in [1.165, 1.54) is 154 Å². The van der Waals surface area contributed by atoms with Crippen LogP contribution in [0.4, 0.5) is 0 Å². The minimum absolute atomic E-state index is 0.952. The summed E-state index contributed by atoms with van der Waals surface area (Å²) in [4.78, 5) is 0. The van der Waals surface area contributed by atoms with Gasteiger partial charge in [0, 0.05) is 0 Å². The molecule has 2 radical (unpaired) electrons. The van der Waals surface area contributed by atoms with Crippen LogP contribution in [-0.2, 0) is 0 Å². The van der Waals surface area contributed by atoms with E-state index in [0.717, 1.165) is 17.8 Å². The SMILES string of the molecule is CC(CC1CCCCC[CH]CCCCCC1)CC1CCCCC[CH]CCCCCC1. The third kappa shape index (κ3) is 14.1. The van der Waals surface area contributed by atoms with Gasteiger partial charge in [0.25, 0.3) is 0 Å². The first kappa shape index (κ1) is 26.3. The molecule has 0 bridgehead atoms. The van der Waals surface area contributed by atoms with E-state index in [1.54, 1.807) is 0 Å². The largest absolute Gasteiger partial charge is 0.0625 e. The van der Waals surface area contributed by atoms with Gasteiger partial charge in [0.2, 0.25) is 0 Å². The van der Waals surface area contributed by atoms with E-state index in [9.17, 15) is 0 Å². The molecule has 2 rings (SSSR count). The van der Waals surface area contributed by atoms with E-state index in [2.05, 4.69) is 19.8 Å². The van der Waals surface area contributed by atoms with Gasteiger partial charge in [-0.1, -0.05) is 148 Å². The molecule has 2 aliphatic carbocycles. The molecule has 0 amide bonds. The van der Waals surface area contributed by atoms with Gasteiger partial charge in [0.05, 0.1) is 0 Å². The summed E-state index contributed by atoms with van der Waals surface area (Å²) in [5.41, 5.74) is 0. The van der Waals surface area contributed by atoms with Crippen LogP contribution in [0.3, 0.4) is 0 Å². The monoisotopic (exact) mass is 416 g/mol. The van der Waals surface area contributed by atoms with Gasteiger partial charge in [0.15, 0.2) is 0 Å². The van der Waals surface area contributed by atoms with Crippen molar-refractivity contribution in [3.8, 4) is 0 Å². The number of hydrogen-bond acceptors (Lipinski definition) is 0. The van der Waals surface area contributed by atoms with Crippen LogP contribution < -0.4 is 0 Å². The standard InChI is InChI=1S/C30H56/c1-28(26-29-22-18-14-10-6-2-3-7-11-15-19-23-29)27-30-24-20-16-12-8-4-5-9-13-17-21-25-30/h2,4,28-30H,3,5-27H2,1H3. The molecule has 2 fully saturated rings. The van der Waals surface area contributed by atoms with Crippen LogP contribution in [0.5, 0.6) is 0 Å². The fourth-order valence-electron chi connectivity index (χ4n) is 6.23. The maximum Gasteiger partial charge on any atom is -0.0386 e. The summed E-state index contributed by atoms with van der Waals surface area (Å²) in [5.74, 6) is 3.00. The maximum atomic E-state index is 2.60. The molecular formula is C30H56. The smallest absolute Gasteiger partial charge is 0.0386 e. The summed E-state index contributed by atoms with van der Waals surface area (Å²) >= 11 is 0. The Morgan fingerprint density at radius 2 is 0.767 bits per heavy atom. The predicted molar refractivity (Wildman–Crippen MR) is 136 cm³/mol. The van der Waals surface area contributed by atoms with Crippen LogP contribution in [0.15, 0.2) is 0 Å². The molecule has 0 aromatic heterocycles. The Bertz CT molecular complexity index is 297. The molecule has 0 aromatic rings. The summed E-state index contributed by atoms with van der Waals surface area (Å²) < 4.78 is 0. The van der Waals surface area contributed by atoms with E-state index >= 15 is 0 Å². The Labute approximate surface area is 191 Å². The second-order valence-corrected chi connectivity index (χ2v) is 11.1. The lowest BCUT2D eigenvalue weighted by molar-refractivity contribution is 0.269. The van der Waals surface area contributed by atoms with Crippen LogP contribution in [0.1, 0.15) is 161 Å². The zero-order valence-corrected chi connectivity index (χ0v) is 20.9. The second-order valence-electron chi connectivity index (χ2n) is 11.1. The fraction of sp³-hybridized carbons (Fsp3) is 0.933. The summed E-state index contributed by atoms with van der Waals surface area (Å²) in [7, 11) is 0. The van der Waals surface area contributed by atoms with Crippen molar-refractivity contribution in [2.45, 2.75) is 161 Å². The average molecular weight is 417 g/mol. The molecule has 2 aliphatic rings. The topological polar surface area (TPSA) is 0 Å². The second kappa shape index (κ2) is 18.6. The van der Waals surface area contributed by atoms with Gasteiger partial charge in [0.1, 0.15) is 0 Å². The first-order chi connectivity index (χ1) is 14.8. The van der Waals surface area contributed by atoms with Crippen LogP contribution in [0.25, 0.3) is 0 Å². The van der Waals surface area contributed by atoms with Gasteiger partial charge in [-0.3, -0.25) is 0 Å². The Morgan fingerprint density at radius 1 is 0.467 bits per heavy atom. The summed E-state index contributed by atoms with van der Waals surface area (Å²) in [6.45, 7) is 2.60. The van der Waals surface area contributed by atoms with Crippen molar-refractivity contribution in [1.82, 2.24) is 0 Å². The van der Waals surface area contributed by atoms with Crippen molar-refractivity contribution in [2.75, 3.05) is 0 Å². The van der Waals surface area contributed by atoms with E-state index in [-0.39, 0.29) is 0 Å². The van der Waals surface area contributed by atoms with E-state index in [4.69, 9.17) is 0 Å². The molecule has 30 heavy (non-hydrogen) atoms. The van der Waals surface area contributed by atoms with E-state index in [1.807, 2.05) is 0 Å². The Hall–Kier alpha value is 0. The summed E-state index contributed by atoms with van der Waals surface area (Å²) in [5, 5.41) is 0. The van der Waals surface area contributed by atoms with Gasteiger partial charge in [-0.05, 0) is 43.4 Å². The lowest BCUT2D eigenvalue weighted by Gasteiger charge is -2.25. The molecule has 0 N–H and O–H groups in total. The summed E-state index contributed by atoms with van der Waals surface area (Å²) in [6, 6.07) is 0. The average Bonchev–Trinajstić information content (AvgIpc) is 2.78. The molecule has 2 unspecified atom stereocenters. The lowest BCUT2D eigenvalue weighted by atomic mass is 9.81. The zero-order valence-electron chi connectivity index (χ0n) is 20.9. The Balaban J connectivity index is 1.74. The van der Waals surface area contributed by atoms with Gasteiger partial charge < -0.3 is 0 Å². The van der Waals surface area contributed by atoms with Crippen molar-refractivity contribution >= 4 is 0 Å². The number of rotatable bonds is 4. The molecule has 0 saturated heterocycles. The summed E-state index contributed by atoms with van der Waals surface area (Å²) in [6.07, 6.45) is 40.4. The molecule has 0 heterocycles. The van der Waals surface area contributed by atoms with E-state index < -0.39 is 0 Å². The molecule has 0 aromatic carbocycles. The van der Waals surface area contributed by atoms with Crippen molar-refractivity contribution in [3.05, 3.63) is 12.8 Å². The van der Waals surface area contributed by atoms with E-state index in [0.29, 0.717) is 0 Å². The van der Waals surface area contributed by atoms with Crippen molar-refractivity contribution in [3.63, 3.8) is 0 Å². The van der Waals surface area contributed by atoms with Gasteiger partial charge in [-0.2, -0.15) is 0 Å². The Kier molecular flexibility index (Phi) is 16.2. The van der Waals surface area contributed by atoms with Gasteiger partial charge in [-0.25, -0.2) is 0 Å². The highest BCUT2D eigenvalue weighted by Gasteiger charge is 2.18. The molecule has 0 spiro atoms. The fourth-order valence-corrected chi connectivity index (χ4v) is 6.23. The highest BCUT2D eigenvalue weighted by Crippen LogP contribution is 2.32. The third-order valence-corrected chi connectivity index (χ3v) is 8.05. The van der Waals surface area contributed by atoms with Gasteiger partial charge in [-0.15, -0.1) is 0 Å². The minimum atomic E-state index is 0.952. The predicted octanol–water partition coefficient (Wildman–Crippen LogP) is 10.7. The van der Waals surface area contributed by atoms with Crippen LogP contribution in [0.2, 0.25) is 0 Å². The number of hydrogen-bond donors (Lipinski definition) is 0. The molecular weight excluding hydrogens is 360 g/mol. The molecule has 176 valence electrons. The molecule has 0 heteroatoms. The lowest BCUT2D eigenvalue weighted by Crippen LogP contribution is -2.12. The van der Waals surface area contributed by atoms with Crippen molar-refractivity contribution < 1.29 is 0 Å². The first-order valence-corrected chi connectivity index (χ1v) is 14.5. The quantitative estimate of drug-likeness (QED) is 0.427. The molecule has 2 atom stereocenters. The zero-order chi connectivity index (χ0) is 21.1. The van der Waals surface area contributed by atoms with Crippen LogP contribution in [-0.4, -0.2) is 0 Å². The van der Waals surface area contributed by atoms with Crippen LogP contribution in [0, 0.1) is 30.6 Å². The highest BCUT2D eigenvalue weighted by molar-refractivity contribution is 4.72. The Morgan fingerprint density at radius 3 is 1.13 bits per heavy atom. The first-order valence-electron chi connectivity index (χ1n) is 14.5. The normalized spacial score (nSPS) is 24.6. The molecule has 2 saturated carbocycles. The molecule has 0 nitrogen and oxygen atoms in total. The van der Waals surface area contributed by atoms with Gasteiger partial charge >= 0.3 is 0 Å². The maximum absolute atomic E-state index is 2.60. The molecule has 0 aliphatic heterocycles. The van der Waals surface area contributed by atoms with Crippen molar-refractivity contribution in [2.24, 2.45) is 17.8 Å². The minimum Gasteiger partial charge on any atom is -0.0625 e. The van der Waals surface area contributed by atoms with Crippen molar-refractivity contribution in [1.29, 1.82) is 0 Å². The van der Waals surface area contributed by atoms with Crippen LogP contribution >= 0.6 is 0 Å².